The molecule has 0 aromatic heterocycles. The minimum atomic E-state index is 0.155. The van der Waals surface area contributed by atoms with Crippen LogP contribution in [-0.4, -0.2) is 37.5 Å². The molecular weight excluding hydrogens is 214 g/mol. The maximum absolute atomic E-state index is 11.9. The zero-order valence-corrected chi connectivity index (χ0v) is 10.4. The number of nitrogens with zero attached hydrogens (tertiary/aromatic N) is 2. The number of hydrogen-bond acceptors (Lipinski definition) is 3. The monoisotopic (exact) mass is 233 g/mol. The van der Waals surface area contributed by atoms with Crippen LogP contribution in [0.4, 0.5) is 11.4 Å². The van der Waals surface area contributed by atoms with Gasteiger partial charge in [0.05, 0.1) is 6.54 Å². The molecule has 0 radical (unpaired) electrons. The highest BCUT2D eigenvalue weighted by molar-refractivity contribution is 5.82. The molecule has 0 saturated heterocycles. The Morgan fingerprint density at radius 3 is 3.00 bits per heavy atom. The Balaban J connectivity index is 2.11. The zero-order valence-electron chi connectivity index (χ0n) is 10.4. The average Bonchev–Trinajstić information content (AvgIpc) is 2.71. The summed E-state index contributed by atoms with van der Waals surface area (Å²) in [5.41, 5.74) is 8.94. The lowest BCUT2D eigenvalue weighted by atomic mass is 10.1. The lowest BCUT2D eigenvalue weighted by Crippen LogP contribution is -2.37. The van der Waals surface area contributed by atoms with Gasteiger partial charge in [0.1, 0.15) is 0 Å². The number of nitrogen functional groups attached to an aromatic ring is 1. The minimum Gasteiger partial charge on any atom is -0.399 e. The minimum absolute atomic E-state index is 0.155. The predicted molar refractivity (Wildman–Crippen MR) is 70.1 cm³/mol. The summed E-state index contributed by atoms with van der Waals surface area (Å²) in [5.74, 6) is 0.155. The van der Waals surface area contributed by atoms with Crippen LogP contribution in [0.3, 0.4) is 0 Å². The van der Waals surface area contributed by atoms with Crippen LogP contribution in [0.1, 0.15) is 12.5 Å². The van der Waals surface area contributed by atoms with Gasteiger partial charge in [-0.3, -0.25) is 4.79 Å². The van der Waals surface area contributed by atoms with Crippen molar-refractivity contribution in [2.45, 2.75) is 13.3 Å². The first-order valence-corrected chi connectivity index (χ1v) is 5.99. The fraction of sp³-hybridized carbons (Fsp3) is 0.462. The molecule has 0 bridgehead atoms. The fourth-order valence-electron chi connectivity index (χ4n) is 2.09. The van der Waals surface area contributed by atoms with Crippen LogP contribution >= 0.6 is 0 Å². The van der Waals surface area contributed by atoms with Crippen LogP contribution in [0, 0.1) is 0 Å². The Morgan fingerprint density at radius 1 is 1.53 bits per heavy atom. The summed E-state index contributed by atoms with van der Waals surface area (Å²) >= 11 is 0. The Labute approximate surface area is 102 Å². The van der Waals surface area contributed by atoms with Crippen molar-refractivity contribution in [2.24, 2.45) is 0 Å². The first-order chi connectivity index (χ1) is 8.11. The summed E-state index contributed by atoms with van der Waals surface area (Å²) < 4.78 is 0. The van der Waals surface area contributed by atoms with Crippen molar-refractivity contribution in [2.75, 3.05) is 37.3 Å². The molecule has 2 N–H and O–H groups in total. The molecule has 1 aromatic rings. The largest absolute Gasteiger partial charge is 0.399 e. The summed E-state index contributed by atoms with van der Waals surface area (Å²) in [6.45, 7) is 4.08. The van der Waals surface area contributed by atoms with E-state index in [-0.39, 0.29) is 5.91 Å². The topological polar surface area (TPSA) is 49.6 Å². The first kappa shape index (κ1) is 11.8. The molecule has 1 heterocycles. The van der Waals surface area contributed by atoms with Crippen molar-refractivity contribution in [1.29, 1.82) is 0 Å². The van der Waals surface area contributed by atoms with Crippen LogP contribution in [0.15, 0.2) is 18.2 Å². The molecule has 17 heavy (non-hydrogen) atoms. The van der Waals surface area contributed by atoms with Gasteiger partial charge in [0.25, 0.3) is 0 Å². The van der Waals surface area contributed by atoms with E-state index in [4.69, 9.17) is 5.73 Å². The third-order valence-corrected chi connectivity index (χ3v) is 3.33. The van der Waals surface area contributed by atoms with E-state index in [9.17, 15) is 4.79 Å². The van der Waals surface area contributed by atoms with Gasteiger partial charge in [0.15, 0.2) is 0 Å². The van der Waals surface area contributed by atoms with Gasteiger partial charge in [-0.15, -0.1) is 0 Å². The average molecular weight is 233 g/mol. The maximum Gasteiger partial charge on any atom is 0.241 e. The molecule has 0 spiro atoms. The van der Waals surface area contributed by atoms with E-state index in [1.165, 1.54) is 5.56 Å². The number of fused-ring (bicyclic) bond motifs is 1. The molecular formula is C13H19N3O. The van der Waals surface area contributed by atoms with E-state index in [0.29, 0.717) is 6.54 Å². The number of nitrogens with two attached hydrogens (primary N) is 1. The lowest BCUT2D eigenvalue weighted by Gasteiger charge is -2.22. The SMILES string of the molecule is CCN(C)C(=O)CN1CCc2ccc(N)cc21. The van der Waals surface area contributed by atoms with Crippen molar-refractivity contribution < 1.29 is 4.79 Å². The third-order valence-electron chi connectivity index (χ3n) is 3.33. The molecule has 0 saturated carbocycles. The van der Waals surface area contributed by atoms with Gasteiger partial charge in [-0.25, -0.2) is 0 Å². The van der Waals surface area contributed by atoms with Crippen molar-refractivity contribution in [1.82, 2.24) is 4.90 Å². The molecule has 2 rings (SSSR count). The number of anilines is 2. The third kappa shape index (κ3) is 2.35. The Bertz CT molecular complexity index is 431. The standard InChI is InChI=1S/C13H19N3O/c1-3-15(2)13(17)9-16-7-6-10-4-5-11(14)8-12(10)16/h4-5,8H,3,6-7,9,14H2,1-2H3. The summed E-state index contributed by atoms with van der Waals surface area (Å²) in [6, 6.07) is 5.93. The smallest absolute Gasteiger partial charge is 0.241 e. The summed E-state index contributed by atoms with van der Waals surface area (Å²) in [5, 5.41) is 0. The lowest BCUT2D eigenvalue weighted by molar-refractivity contribution is -0.128. The quantitative estimate of drug-likeness (QED) is 0.796. The molecule has 1 aliphatic heterocycles. The van der Waals surface area contributed by atoms with Crippen molar-refractivity contribution in [3.63, 3.8) is 0 Å². The maximum atomic E-state index is 11.9. The van der Waals surface area contributed by atoms with Crippen LogP contribution in [0.5, 0.6) is 0 Å². The van der Waals surface area contributed by atoms with Gasteiger partial charge in [0.2, 0.25) is 5.91 Å². The van der Waals surface area contributed by atoms with Gasteiger partial charge >= 0.3 is 0 Å². The van der Waals surface area contributed by atoms with E-state index < -0.39 is 0 Å². The molecule has 0 unspecified atom stereocenters. The van der Waals surface area contributed by atoms with Gasteiger partial charge in [-0.1, -0.05) is 6.07 Å². The zero-order chi connectivity index (χ0) is 12.4. The van der Waals surface area contributed by atoms with Gasteiger partial charge in [0, 0.05) is 31.5 Å². The highest BCUT2D eigenvalue weighted by Crippen LogP contribution is 2.29. The van der Waals surface area contributed by atoms with E-state index in [0.717, 1.165) is 30.9 Å². The number of benzene rings is 1. The molecule has 0 fully saturated rings. The van der Waals surface area contributed by atoms with Crippen molar-refractivity contribution in [3.8, 4) is 0 Å². The first-order valence-electron chi connectivity index (χ1n) is 5.99. The van der Waals surface area contributed by atoms with Gasteiger partial charge in [-0.2, -0.15) is 0 Å². The summed E-state index contributed by atoms with van der Waals surface area (Å²) in [7, 11) is 1.83. The molecule has 1 aliphatic rings. The van der Waals surface area contributed by atoms with Crippen molar-refractivity contribution >= 4 is 17.3 Å². The molecule has 92 valence electrons. The van der Waals surface area contributed by atoms with E-state index in [2.05, 4.69) is 11.0 Å². The number of likely N-dealkylation sites (N-methyl/N-ethyl adjacent to an activating group) is 1. The Hall–Kier alpha value is -1.71. The van der Waals surface area contributed by atoms with Crippen molar-refractivity contribution in [3.05, 3.63) is 23.8 Å². The molecule has 1 amide bonds. The number of hydrogen-bond donors (Lipinski definition) is 1. The second-order valence-electron chi connectivity index (χ2n) is 4.47. The van der Waals surface area contributed by atoms with Crippen LogP contribution < -0.4 is 10.6 Å². The van der Waals surface area contributed by atoms with Gasteiger partial charge in [-0.05, 0) is 31.0 Å². The molecule has 4 heteroatoms. The van der Waals surface area contributed by atoms with Gasteiger partial charge < -0.3 is 15.5 Å². The highest BCUT2D eigenvalue weighted by atomic mass is 16.2. The predicted octanol–water partition coefficient (Wildman–Crippen LogP) is 1.11. The van der Waals surface area contributed by atoms with E-state index in [1.807, 2.05) is 26.1 Å². The van der Waals surface area contributed by atoms with Crippen LogP contribution in [-0.2, 0) is 11.2 Å². The fourth-order valence-corrected chi connectivity index (χ4v) is 2.09. The second kappa shape index (κ2) is 4.65. The van der Waals surface area contributed by atoms with E-state index >= 15 is 0 Å². The molecule has 1 aromatic carbocycles. The highest BCUT2D eigenvalue weighted by Gasteiger charge is 2.22. The number of carbonyl (C=O) groups is 1. The van der Waals surface area contributed by atoms with Crippen LogP contribution in [0.2, 0.25) is 0 Å². The number of rotatable bonds is 3. The molecule has 4 nitrogen and oxygen atoms in total. The summed E-state index contributed by atoms with van der Waals surface area (Å²) in [6.07, 6.45) is 0.999. The number of carbonyl (C=O) groups excluding carboxylic acids is 1. The Kier molecular flexibility index (Phi) is 3.22. The number of amides is 1. The molecule has 0 atom stereocenters. The second-order valence-corrected chi connectivity index (χ2v) is 4.47. The summed E-state index contributed by atoms with van der Waals surface area (Å²) in [4.78, 5) is 15.7. The van der Waals surface area contributed by atoms with E-state index in [1.54, 1.807) is 4.90 Å². The Morgan fingerprint density at radius 2 is 2.29 bits per heavy atom. The molecule has 0 aliphatic carbocycles. The normalized spacial score (nSPS) is 13.6. The van der Waals surface area contributed by atoms with Crippen LogP contribution in [0.25, 0.3) is 0 Å².